The molecular formula is C17H20N2O3. The molecule has 22 heavy (non-hydrogen) atoms. The minimum Gasteiger partial charge on any atom is -0.452 e. The van der Waals surface area contributed by atoms with Crippen LogP contribution < -0.4 is 5.32 Å². The smallest absolute Gasteiger partial charge is 0.331 e. The minimum atomic E-state index is -0.581. The Morgan fingerprint density at radius 2 is 2.05 bits per heavy atom. The molecule has 1 rings (SSSR count). The number of carbonyl (C=O) groups is 2. The van der Waals surface area contributed by atoms with Crippen LogP contribution in [0.4, 0.5) is 0 Å². The molecule has 0 saturated carbocycles. The van der Waals surface area contributed by atoms with Gasteiger partial charge in [0.1, 0.15) is 0 Å². The van der Waals surface area contributed by atoms with Crippen LogP contribution in [-0.4, -0.2) is 24.5 Å². The van der Waals surface area contributed by atoms with Gasteiger partial charge < -0.3 is 10.1 Å². The van der Waals surface area contributed by atoms with Crippen molar-refractivity contribution in [2.45, 2.75) is 32.7 Å². The largest absolute Gasteiger partial charge is 0.452 e. The zero-order valence-electron chi connectivity index (χ0n) is 12.8. The van der Waals surface area contributed by atoms with Crippen LogP contribution >= 0.6 is 0 Å². The number of carbonyl (C=O) groups excluding carboxylic acids is 2. The van der Waals surface area contributed by atoms with Crippen LogP contribution in [0.2, 0.25) is 0 Å². The van der Waals surface area contributed by atoms with Gasteiger partial charge in [-0.2, -0.15) is 5.26 Å². The van der Waals surface area contributed by atoms with Crippen LogP contribution in [0.15, 0.2) is 30.3 Å². The van der Waals surface area contributed by atoms with E-state index in [2.05, 4.69) is 5.32 Å². The maximum Gasteiger partial charge on any atom is 0.331 e. The second kappa shape index (κ2) is 9.35. The predicted molar refractivity (Wildman–Crippen MR) is 83.7 cm³/mol. The molecule has 0 aromatic heterocycles. The molecule has 5 nitrogen and oxygen atoms in total. The molecule has 116 valence electrons. The number of amides is 1. The second-order valence-electron chi connectivity index (χ2n) is 4.93. The van der Waals surface area contributed by atoms with Crippen LogP contribution in [0, 0.1) is 11.3 Å². The quantitative estimate of drug-likeness (QED) is 0.619. The maximum absolute atomic E-state index is 11.5. The summed E-state index contributed by atoms with van der Waals surface area (Å²) in [6.45, 7) is 3.66. The second-order valence-corrected chi connectivity index (χ2v) is 4.93. The third kappa shape index (κ3) is 6.71. The molecule has 1 N–H and O–H groups in total. The zero-order chi connectivity index (χ0) is 16.4. The van der Waals surface area contributed by atoms with Crippen LogP contribution in [0.25, 0.3) is 6.08 Å². The Balaban J connectivity index is 2.37. The SMILES string of the molecule is CCC[C@@H](C)NC(=O)COC(=O)/C=C/c1ccc(C#N)cc1. The summed E-state index contributed by atoms with van der Waals surface area (Å²) in [4.78, 5) is 23.0. The van der Waals surface area contributed by atoms with E-state index in [9.17, 15) is 9.59 Å². The van der Waals surface area contributed by atoms with E-state index in [1.165, 1.54) is 6.08 Å². The molecule has 0 aliphatic carbocycles. The minimum absolute atomic E-state index is 0.0744. The van der Waals surface area contributed by atoms with E-state index in [0.29, 0.717) is 5.56 Å². The predicted octanol–water partition coefficient (Wildman–Crippen LogP) is 2.42. The summed E-state index contributed by atoms with van der Waals surface area (Å²) in [5.74, 6) is -0.885. The summed E-state index contributed by atoms with van der Waals surface area (Å²) in [6.07, 6.45) is 4.69. The number of rotatable bonds is 7. The number of benzene rings is 1. The maximum atomic E-state index is 11.5. The Labute approximate surface area is 130 Å². The van der Waals surface area contributed by atoms with Crippen LogP contribution in [-0.2, 0) is 14.3 Å². The first-order valence-electron chi connectivity index (χ1n) is 7.19. The van der Waals surface area contributed by atoms with Gasteiger partial charge in [-0.3, -0.25) is 4.79 Å². The summed E-state index contributed by atoms with van der Waals surface area (Å²) in [6, 6.07) is 8.86. The highest BCUT2D eigenvalue weighted by molar-refractivity contribution is 5.89. The molecule has 0 unspecified atom stereocenters. The lowest BCUT2D eigenvalue weighted by atomic mass is 10.1. The molecule has 0 bridgehead atoms. The van der Waals surface area contributed by atoms with Gasteiger partial charge in [0.15, 0.2) is 6.61 Å². The highest BCUT2D eigenvalue weighted by atomic mass is 16.5. The summed E-state index contributed by atoms with van der Waals surface area (Å²) < 4.78 is 4.86. The van der Waals surface area contributed by atoms with Crippen molar-refractivity contribution in [3.63, 3.8) is 0 Å². The molecule has 1 amide bonds. The Bertz CT molecular complexity index is 571. The average Bonchev–Trinajstić information content (AvgIpc) is 2.51. The topological polar surface area (TPSA) is 79.2 Å². The lowest BCUT2D eigenvalue weighted by molar-refractivity contribution is -0.144. The van der Waals surface area contributed by atoms with Crippen LogP contribution in [0.3, 0.4) is 0 Å². The molecule has 0 radical (unpaired) electrons. The van der Waals surface area contributed by atoms with E-state index in [1.54, 1.807) is 30.3 Å². The lowest BCUT2D eigenvalue weighted by Crippen LogP contribution is -2.35. The van der Waals surface area contributed by atoms with Gasteiger partial charge in [-0.1, -0.05) is 25.5 Å². The number of nitrogens with zero attached hydrogens (tertiary/aromatic N) is 1. The van der Waals surface area contributed by atoms with Crippen LogP contribution in [0.1, 0.15) is 37.8 Å². The van der Waals surface area contributed by atoms with Crippen molar-refractivity contribution in [1.29, 1.82) is 5.26 Å². The standard InChI is InChI=1S/C17H20N2O3/c1-3-4-13(2)19-16(20)12-22-17(21)10-9-14-5-7-15(11-18)8-6-14/h5-10,13H,3-4,12H2,1-2H3,(H,19,20)/b10-9+/t13-/m1/s1. The molecular weight excluding hydrogens is 280 g/mol. The normalized spacial score (nSPS) is 11.7. The van der Waals surface area contributed by atoms with Gasteiger partial charge in [0, 0.05) is 12.1 Å². The first kappa shape index (κ1) is 17.4. The summed E-state index contributed by atoms with van der Waals surface area (Å²) in [5, 5.41) is 11.4. The molecule has 0 fully saturated rings. The molecule has 0 aliphatic rings. The third-order valence-corrected chi connectivity index (χ3v) is 2.93. The lowest BCUT2D eigenvalue weighted by Gasteiger charge is -2.12. The molecule has 0 spiro atoms. The molecule has 1 aromatic carbocycles. The van der Waals surface area contributed by atoms with E-state index in [1.807, 2.05) is 19.9 Å². The fourth-order valence-corrected chi connectivity index (χ4v) is 1.84. The van der Waals surface area contributed by atoms with Gasteiger partial charge in [0.05, 0.1) is 11.6 Å². The van der Waals surface area contributed by atoms with Crippen molar-refractivity contribution in [3.05, 3.63) is 41.5 Å². The third-order valence-electron chi connectivity index (χ3n) is 2.93. The summed E-state index contributed by atoms with van der Waals surface area (Å²) in [5.41, 5.74) is 1.33. The summed E-state index contributed by atoms with van der Waals surface area (Å²) in [7, 11) is 0. The van der Waals surface area contributed by atoms with Gasteiger partial charge >= 0.3 is 5.97 Å². The fraction of sp³-hybridized carbons (Fsp3) is 0.353. The Morgan fingerprint density at radius 3 is 2.64 bits per heavy atom. The van der Waals surface area contributed by atoms with Crippen LogP contribution in [0.5, 0.6) is 0 Å². The van der Waals surface area contributed by atoms with Gasteiger partial charge in [-0.15, -0.1) is 0 Å². The molecule has 0 saturated heterocycles. The number of nitrogens with one attached hydrogen (secondary N) is 1. The zero-order valence-corrected chi connectivity index (χ0v) is 12.8. The highest BCUT2D eigenvalue weighted by Crippen LogP contribution is 2.05. The van der Waals surface area contributed by atoms with Gasteiger partial charge in [0.2, 0.25) is 0 Å². The van der Waals surface area contributed by atoms with E-state index >= 15 is 0 Å². The fourth-order valence-electron chi connectivity index (χ4n) is 1.84. The van der Waals surface area contributed by atoms with Gasteiger partial charge in [-0.25, -0.2) is 4.79 Å². The number of nitriles is 1. The number of ether oxygens (including phenoxy) is 1. The monoisotopic (exact) mass is 300 g/mol. The van der Waals surface area contributed by atoms with E-state index < -0.39 is 5.97 Å². The summed E-state index contributed by atoms with van der Waals surface area (Å²) >= 11 is 0. The van der Waals surface area contributed by atoms with E-state index in [4.69, 9.17) is 10.00 Å². The number of hydrogen-bond acceptors (Lipinski definition) is 4. The van der Waals surface area contributed by atoms with Crippen molar-refractivity contribution >= 4 is 18.0 Å². The Kier molecular flexibility index (Phi) is 7.41. The highest BCUT2D eigenvalue weighted by Gasteiger charge is 2.08. The van der Waals surface area contributed by atoms with Gasteiger partial charge in [-0.05, 0) is 37.1 Å². The first-order chi connectivity index (χ1) is 10.5. The molecule has 1 atom stereocenters. The van der Waals surface area contributed by atoms with Crippen molar-refractivity contribution in [3.8, 4) is 6.07 Å². The molecule has 0 heterocycles. The number of esters is 1. The Hall–Kier alpha value is -2.61. The molecule has 1 aromatic rings. The van der Waals surface area contributed by atoms with Crippen molar-refractivity contribution < 1.29 is 14.3 Å². The average molecular weight is 300 g/mol. The molecule has 5 heteroatoms. The first-order valence-corrected chi connectivity index (χ1v) is 7.19. The number of hydrogen-bond donors (Lipinski definition) is 1. The van der Waals surface area contributed by atoms with Crippen molar-refractivity contribution in [2.24, 2.45) is 0 Å². The van der Waals surface area contributed by atoms with Crippen molar-refractivity contribution in [1.82, 2.24) is 5.32 Å². The van der Waals surface area contributed by atoms with Gasteiger partial charge in [0.25, 0.3) is 5.91 Å². The van der Waals surface area contributed by atoms with E-state index in [-0.39, 0.29) is 18.6 Å². The Morgan fingerprint density at radius 1 is 1.36 bits per heavy atom. The van der Waals surface area contributed by atoms with Crippen molar-refractivity contribution in [2.75, 3.05) is 6.61 Å². The van der Waals surface area contributed by atoms with E-state index in [0.717, 1.165) is 18.4 Å². The molecule has 0 aliphatic heterocycles.